The molecule has 0 aliphatic heterocycles. The van der Waals surface area contributed by atoms with E-state index in [9.17, 15) is 4.79 Å². The summed E-state index contributed by atoms with van der Waals surface area (Å²) in [6.45, 7) is 6.80. The number of carbonyl (C=O) groups is 1. The summed E-state index contributed by atoms with van der Waals surface area (Å²) >= 11 is 1.82. The molecule has 0 N–H and O–H groups in total. The Hall–Kier alpha value is -2.14. The Kier molecular flexibility index (Phi) is 3.98. The first-order valence-electron chi connectivity index (χ1n) is 7.60. The monoisotopic (exact) mass is 327 g/mol. The molecule has 120 valence electrons. The van der Waals surface area contributed by atoms with Gasteiger partial charge in [0.25, 0.3) is 0 Å². The summed E-state index contributed by atoms with van der Waals surface area (Å²) in [7, 11) is 3.55. The molecule has 0 aromatic carbocycles. The van der Waals surface area contributed by atoms with Gasteiger partial charge < -0.3 is 9.47 Å². The Morgan fingerprint density at radius 3 is 2.61 bits per heavy atom. The van der Waals surface area contributed by atoms with Crippen LogP contribution in [0.1, 0.15) is 15.3 Å². The third-order valence-corrected chi connectivity index (χ3v) is 5.40. The highest BCUT2D eigenvalue weighted by Gasteiger charge is 2.14. The smallest absolute Gasteiger partial charge is 0.241 e. The summed E-state index contributed by atoms with van der Waals surface area (Å²) in [6.07, 6.45) is 3.86. The van der Waals surface area contributed by atoms with Crippen molar-refractivity contribution in [1.29, 1.82) is 0 Å². The van der Waals surface area contributed by atoms with Crippen LogP contribution in [0.25, 0.3) is 22.2 Å². The van der Waals surface area contributed by atoms with Crippen LogP contribution in [0, 0.1) is 20.8 Å². The van der Waals surface area contributed by atoms with E-state index in [1.54, 1.807) is 19.0 Å². The van der Waals surface area contributed by atoms with E-state index in [1.807, 2.05) is 34.4 Å². The molecule has 3 aromatic rings. The van der Waals surface area contributed by atoms with Gasteiger partial charge in [-0.1, -0.05) is 0 Å². The predicted molar refractivity (Wildman–Crippen MR) is 96.0 cm³/mol. The molecule has 0 fully saturated rings. The maximum atomic E-state index is 12.0. The fourth-order valence-corrected chi connectivity index (χ4v) is 3.93. The highest BCUT2D eigenvalue weighted by atomic mass is 32.1. The summed E-state index contributed by atoms with van der Waals surface area (Å²) in [4.78, 5) is 20.9. The van der Waals surface area contributed by atoms with Gasteiger partial charge in [0.05, 0.1) is 11.0 Å². The molecule has 5 heteroatoms. The van der Waals surface area contributed by atoms with E-state index in [4.69, 9.17) is 0 Å². The molecule has 3 aromatic heterocycles. The number of likely N-dealkylation sites (N-methyl/N-ethyl adjacent to an activating group) is 1. The Morgan fingerprint density at radius 2 is 2.00 bits per heavy atom. The topological polar surface area (TPSA) is 38.1 Å². The number of fused-ring (bicyclic) bond motifs is 1. The number of carbonyl (C=O) groups excluding carboxylic acids is 1. The quantitative estimate of drug-likeness (QED) is 0.734. The molecular weight excluding hydrogens is 306 g/mol. The van der Waals surface area contributed by atoms with Crippen molar-refractivity contribution in [3.8, 4) is 11.1 Å². The van der Waals surface area contributed by atoms with Crippen molar-refractivity contribution in [2.24, 2.45) is 0 Å². The summed E-state index contributed by atoms with van der Waals surface area (Å²) in [5, 5.41) is 0. The maximum absolute atomic E-state index is 12.0. The Labute approximate surface area is 140 Å². The lowest BCUT2D eigenvalue weighted by Crippen LogP contribution is -2.25. The molecule has 0 saturated carbocycles. The van der Waals surface area contributed by atoms with Gasteiger partial charge in [0.15, 0.2) is 0 Å². The van der Waals surface area contributed by atoms with Gasteiger partial charge >= 0.3 is 0 Å². The molecular formula is C18H21N3OS. The first kappa shape index (κ1) is 15.7. The maximum Gasteiger partial charge on any atom is 0.241 e. The van der Waals surface area contributed by atoms with Gasteiger partial charge in [0.2, 0.25) is 5.91 Å². The summed E-state index contributed by atoms with van der Waals surface area (Å²) < 4.78 is 1.97. The second-order valence-corrected chi connectivity index (χ2v) is 7.50. The SMILES string of the molecule is Cc1sc(C)c(-c2cnc3ccn(CC(=O)N(C)C)c3c2)c1C. The Balaban J connectivity index is 2.09. The number of amides is 1. The van der Waals surface area contributed by atoms with Crippen molar-refractivity contribution < 1.29 is 4.79 Å². The first-order valence-corrected chi connectivity index (χ1v) is 8.42. The third kappa shape index (κ3) is 2.77. The van der Waals surface area contributed by atoms with Crippen LogP contribution >= 0.6 is 11.3 Å². The van der Waals surface area contributed by atoms with E-state index in [0.717, 1.165) is 16.6 Å². The van der Waals surface area contributed by atoms with E-state index in [1.165, 1.54) is 20.9 Å². The van der Waals surface area contributed by atoms with Crippen molar-refractivity contribution in [3.05, 3.63) is 39.8 Å². The number of pyridine rings is 1. The Morgan fingerprint density at radius 1 is 1.26 bits per heavy atom. The minimum absolute atomic E-state index is 0.0756. The predicted octanol–water partition coefficient (Wildman–Crippen LogP) is 3.78. The zero-order valence-corrected chi connectivity index (χ0v) is 15.0. The van der Waals surface area contributed by atoms with Crippen LogP contribution in [0.3, 0.4) is 0 Å². The number of aryl methyl sites for hydroxylation is 2. The van der Waals surface area contributed by atoms with Gasteiger partial charge in [-0.15, -0.1) is 11.3 Å². The Bertz CT molecular complexity index is 889. The van der Waals surface area contributed by atoms with Crippen LogP contribution in [-0.4, -0.2) is 34.5 Å². The first-order chi connectivity index (χ1) is 10.9. The van der Waals surface area contributed by atoms with Crippen molar-refractivity contribution in [2.75, 3.05) is 14.1 Å². The number of hydrogen-bond acceptors (Lipinski definition) is 3. The lowest BCUT2D eigenvalue weighted by Gasteiger charge is -2.12. The summed E-state index contributed by atoms with van der Waals surface area (Å²) in [5.41, 5.74) is 5.63. The molecule has 3 rings (SSSR count). The standard InChI is InChI=1S/C18H21N3OS/c1-11-12(2)23-13(3)18(11)14-8-16-15(19-9-14)6-7-21(16)10-17(22)20(4)5/h6-9H,10H2,1-5H3. The van der Waals surface area contributed by atoms with E-state index < -0.39 is 0 Å². The average Bonchev–Trinajstić information content (AvgIpc) is 3.00. The van der Waals surface area contributed by atoms with Gasteiger partial charge in [0, 0.05) is 47.4 Å². The lowest BCUT2D eigenvalue weighted by atomic mass is 10.0. The number of nitrogens with zero attached hydrogens (tertiary/aromatic N) is 3. The number of thiophene rings is 1. The van der Waals surface area contributed by atoms with Crippen molar-refractivity contribution in [3.63, 3.8) is 0 Å². The lowest BCUT2D eigenvalue weighted by molar-refractivity contribution is -0.129. The van der Waals surface area contributed by atoms with Crippen LogP contribution in [-0.2, 0) is 11.3 Å². The average molecular weight is 327 g/mol. The zero-order chi connectivity index (χ0) is 16.7. The zero-order valence-electron chi connectivity index (χ0n) is 14.2. The largest absolute Gasteiger partial charge is 0.347 e. The van der Waals surface area contributed by atoms with E-state index in [0.29, 0.717) is 6.54 Å². The molecule has 0 unspecified atom stereocenters. The molecule has 0 spiro atoms. The van der Waals surface area contributed by atoms with Gasteiger partial charge in [-0.05, 0) is 38.5 Å². The van der Waals surface area contributed by atoms with E-state index in [2.05, 4.69) is 31.8 Å². The molecule has 1 amide bonds. The summed E-state index contributed by atoms with van der Waals surface area (Å²) in [5.74, 6) is 0.0756. The number of aromatic nitrogens is 2. The second kappa shape index (κ2) is 5.81. The van der Waals surface area contributed by atoms with Crippen LogP contribution in [0.4, 0.5) is 0 Å². The number of hydrogen-bond donors (Lipinski definition) is 0. The molecule has 23 heavy (non-hydrogen) atoms. The van der Waals surface area contributed by atoms with Gasteiger partial charge in [-0.3, -0.25) is 9.78 Å². The highest BCUT2D eigenvalue weighted by Crippen LogP contribution is 2.36. The van der Waals surface area contributed by atoms with E-state index >= 15 is 0 Å². The normalized spacial score (nSPS) is 11.2. The van der Waals surface area contributed by atoms with Crippen LogP contribution in [0.15, 0.2) is 24.5 Å². The van der Waals surface area contributed by atoms with Crippen LogP contribution in [0.5, 0.6) is 0 Å². The van der Waals surface area contributed by atoms with Gasteiger partial charge in [0.1, 0.15) is 6.54 Å². The van der Waals surface area contributed by atoms with Gasteiger partial charge in [-0.2, -0.15) is 0 Å². The van der Waals surface area contributed by atoms with Crippen molar-refractivity contribution in [1.82, 2.24) is 14.5 Å². The molecule has 0 saturated heterocycles. The molecule has 0 aliphatic carbocycles. The molecule has 0 aliphatic rings. The highest BCUT2D eigenvalue weighted by molar-refractivity contribution is 7.12. The van der Waals surface area contributed by atoms with Crippen molar-refractivity contribution in [2.45, 2.75) is 27.3 Å². The molecule has 0 radical (unpaired) electrons. The van der Waals surface area contributed by atoms with E-state index in [-0.39, 0.29) is 5.91 Å². The van der Waals surface area contributed by atoms with Gasteiger partial charge in [-0.25, -0.2) is 0 Å². The summed E-state index contributed by atoms with van der Waals surface area (Å²) in [6, 6.07) is 4.10. The van der Waals surface area contributed by atoms with Crippen molar-refractivity contribution >= 4 is 28.3 Å². The van der Waals surface area contributed by atoms with Crippen LogP contribution < -0.4 is 0 Å². The number of rotatable bonds is 3. The molecule has 4 nitrogen and oxygen atoms in total. The fraction of sp³-hybridized carbons (Fsp3) is 0.333. The minimum Gasteiger partial charge on any atom is -0.347 e. The third-order valence-electron chi connectivity index (χ3n) is 4.27. The minimum atomic E-state index is 0.0756. The molecule has 3 heterocycles. The van der Waals surface area contributed by atoms with Crippen LogP contribution in [0.2, 0.25) is 0 Å². The second-order valence-electron chi connectivity index (χ2n) is 6.07. The molecule has 0 atom stereocenters. The molecule has 0 bridgehead atoms. The fourth-order valence-electron chi connectivity index (χ4n) is 2.84.